The van der Waals surface area contributed by atoms with E-state index < -0.39 is 17.7 Å². The molecule has 198 valence electrons. The third-order valence-electron chi connectivity index (χ3n) is 6.45. The van der Waals surface area contributed by atoms with E-state index in [1.54, 1.807) is 42.5 Å². The molecule has 7 heteroatoms. The van der Waals surface area contributed by atoms with Crippen LogP contribution in [0.4, 0.5) is 5.69 Å². The number of aliphatic hydroxyl groups is 1. The maximum atomic E-state index is 13.5. The van der Waals surface area contributed by atoms with Crippen molar-refractivity contribution in [2.24, 2.45) is 0 Å². The zero-order valence-electron chi connectivity index (χ0n) is 22.4. The molecule has 0 saturated carbocycles. The van der Waals surface area contributed by atoms with Crippen molar-refractivity contribution in [2.45, 2.75) is 52.2 Å². The fraction of sp³-hybridized carbons (Fsp3) is 0.290. The summed E-state index contributed by atoms with van der Waals surface area (Å²) >= 11 is 6.41. The van der Waals surface area contributed by atoms with Gasteiger partial charge in [0.05, 0.1) is 29.9 Å². The minimum Gasteiger partial charge on any atom is -0.507 e. The maximum Gasteiger partial charge on any atom is 0.300 e. The lowest BCUT2D eigenvalue weighted by molar-refractivity contribution is -0.132. The van der Waals surface area contributed by atoms with Crippen LogP contribution < -0.4 is 14.4 Å². The number of Topliss-reactive ketones (excluding diaryl/α,β-unsaturated/α-hetero) is 1. The molecule has 38 heavy (non-hydrogen) atoms. The molecule has 1 N–H and O–H groups in total. The van der Waals surface area contributed by atoms with Crippen molar-refractivity contribution in [1.29, 1.82) is 0 Å². The van der Waals surface area contributed by atoms with Crippen molar-refractivity contribution >= 4 is 34.7 Å². The van der Waals surface area contributed by atoms with Gasteiger partial charge in [0.2, 0.25) is 0 Å². The van der Waals surface area contributed by atoms with Crippen molar-refractivity contribution in [3.63, 3.8) is 0 Å². The van der Waals surface area contributed by atoms with Crippen LogP contribution in [0.1, 0.15) is 57.4 Å². The third-order valence-corrected chi connectivity index (χ3v) is 6.78. The van der Waals surface area contributed by atoms with E-state index in [1.807, 2.05) is 38.1 Å². The number of hydrogen-bond donors (Lipinski definition) is 1. The van der Waals surface area contributed by atoms with E-state index in [-0.39, 0.29) is 33.4 Å². The number of halogens is 1. The topological polar surface area (TPSA) is 76.1 Å². The largest absolute Gasteiger partial charge is 0.507 e. The van der Waals surface area contributed by atoms with Gasteiger partial charge in [-0.1, -0.05) is 56.6 Å². The smallest absolute Gasteiger partial charge is 0.300 e. The Hall–Kier alpha value is -3.77. The first kappa shape index (κ1) is 27.3. The van der Waals surface area contributed by atoms with Gasteiger partial charge in [-0.05, 0) is 72.9 Å². The summed E-state index contributed by atoms with van der Waals surface area (Å²) in [6.45, 7) is 10.2. The molecule has 1 aliphatic rings. The number of benzene rings is 3. The van der Waals surface area contributed by atoms with Crippen molar-refractivity contribution in [2.75, 3.05) is 12.0 Å². The molecule has 1 atom stereocenters. The van der Waals surface area contributed by atoms with Crippen LogP contribution in [-0.2, 0) is 15.0 Å². The number of anilines is 1. The van der Waals surface area contributed by atoms with Gasteiger partial charge in [0.1, 0.15) is 17.3 Å². The Morgan fingerprint density at radius 1 is 0.947 bits per heavy atom. The number of carbonyl (C=O) groups is 2. The molecule has 1 amide bonds. The van der Waals surface area contributed by atoms with E-state index in [2.05, 4.69) is 20.8 Å². The van der Waals surface area contributed by atoms with Crippen LogP contribution in [0.5, 0.6) is 11.5 Å². The zero-order valence-corrected chi connectivity index (χ0v) is 23.2. The second kappa shape index (κ2) is 10.5. The number of ketones is 1. The lowest BCUT2D eigenvalue weighted by atomic mass is 9.87. The Balaban J connectivity index is 1.91. The number of aliphatic hydroxyl groups excluding tert-OH is 1. The van der Waals surface area contributed by atoms with E-state index in [0.717, 1.165) is 5.56 Å². The van der Waals surface area contributed by atoms with E-state index in [0.29, 0.717) is 22.7 Å². The number of amides is 1. The summed E-state index contributed by atoms with van der Waals surface area (Å²) in [4.78, 5) is 28.4. The molecule has 3 aromatic rings. The summed E-state index contributed by atoms with van der Waals surface area (Å²) in [5.74, 6) is -0.787. The summed E-state index contributed by atoms with van der Waals surface area (Å²) < 4.78 is 11.1. The molecule has 0 aliphatic carbocycles. The average molecular weight is 534 g/mol. The van der Waals surface area contributed by atoms with Gasteiger partial charge in [0.15, 0.2) is 0 Å². The molecule has 0 bridgehead atoms. The van der Waals surface area contributed by atoms with E-state index in [4.69, 9.17) is 21.1 Å². The summed E-state index contributed by atoms with van der Waals surface area (Å²) in [5, 5.41) is 11.7. The first-order chi connectivity index (χ1) is 17.9. The van der Waals surface area contributed by atoms with Crippen molar-refractivity contribution in [1.82, 2.24) is 0 Å². The monoisotopic (exact) mass is 533 g/mol. The molecule has 6 nitrogen and oxygen atoms in total. The molecular formula is C31H32ClNO5. The van der Waals surface area contributed by atoms with Crippen molar-refractivity contribution in [3.05, 3.63) is 94.0 Å². The second-order valence-electron chi connectivity index (χ2n) is 10.5. The fourth-order valence-corrected chi connectivity index (χ4v) is 4.70. The van der Waals surface area contributed by atoms with Crippen LogP contribution in [0, 0.1) is 0 Å². The van der Waals surface area contributed by atoms with Gasteiger partial charge >= 0.3 is 0 Å². The molecule has 1 fully saturated rings. The summed E-state index contributed by atoms with van der Waals surface area (Å²) in [5.41, 5.74) is 2.35. The molecule has 4 rings (SSSR count). The number of nitrogens with zero attached hydrogens (tertiary/aromatic N) is 1. The predicted octanol–water partition coefficient (Wildman–Crippen LogP) is 7.06. The van der Waals surface area contributed by atoms with Crippen LogP contribution in [0.2, 0.25) is 5.02 Å². The highest BCUT2D eigenvalue weighted by molar-refractivity contribution is 6.52. The molecule has 0 spiro atoms. The SMILES string of the molecule is COc1ccc(Cl)c(/C(O)=C2\C(=O)C(=O)N(c3ccc(C(C)(C)C)cc3)C2c2ccc(OC(C)C)cc2)c1. The molecular weight excluding hydrogens is 502 g/mol. The van der Waals surface area contributed by atoms with Crippen LogP contribution in [-0.4, -0.2) is 30.0 Å². The van der Waals surface area contributed by atoms with E-state index in [1.165, 1.54) is 12.0 Å². The number of carbonyl (C=O) groups excluding carboxylic acids is 2. The maximum absolute atomic E-state index is 13.5. The minimum absolute atomic E-state index is 0.0111. The molecule has 1 unspecified atom stereocenters. The van der Waals surface area contributed by atoms with Gasteiger partial charge in [-0.25, -0.2) is 0 Å². The highest BCUT2D eigenvalue weighted by Crippen LogP contribution is 2.44. The molecule has 1 heterocycles. The second-order valence-corrected chi connectivity index (χ2v) is 11.0. The first-order valence-electron chi connectivity index (χ1n) is 12.4. The zero-order chi connectivity index (χ0) is 27.8. The Morgan fingerprint density at radius 2 is 1.55 bits per heavy atom. The molecule has 1 aliphatic heterocycles. The number of ether oxygens (including phenoxy) is 2. The van der Waals surface area contributed by atoms with Crippen molar-refractivity contribution in [3.8, 4) is 11.5 Å². The van der Waals surface area contributed by atoms with Gasteiger partial charge in [0.25, 0.3) is 11.7 Å². The van der Waals surface area contributed by atoms with Crippen LogP contribution in [0.15, 0.2) is 72.3 Å². The van der Waals surface area contributed by atoms with Gasteiger partial charge in [-0.2, -0.15) is 0 Å². The third kappa shape index (κ3) is 5.27. The van der Waals surface area contributed by atoms with Crippen LogP contribution >= 0.6 is 11.6 Å². The van der Waals surface area contributed by atoms with Crippen LogP contribution in [0.25, 0.3) is 5.76 Å². The summed E-state index contributed by atoms with van der Waals surface area (Å²) in [7, 11) is 1.49. The summed E-state index contributed by atoms with van der Waals surface area (Å²) in [6.07, 6.45) is -0.0111. The highest BCUT2D eigenvalue weighted by Gasteiger charge is 2.47. The van der Waals surface area contributed by atoms with Crippen LogP contribution in [0.3, 0.4) is 0 Å². The van der Waals surface area contributed by atoms with E-state index >= 15 is 0 Å². The lowest BCUT2D eigenvalue weighted by Gasteiger charge is -2.27. The quantitative estimate of drug-likeness (QED) is 0.208. The molecule has 3 aromatic carbocycles. The lowest BCUT2D eigenvalue weighted by Crippen LogP contribution is -2.29. The number of hydrogen-bond acceptors (Lipinski definition) is 5. The first-order valence-corrected chi connectivity index (χ1v) is 12.8. The predicted molar refractivity (Wildman–Crippen MR) is 150 cm³/mol. The summed E-state index contributed by atoms with van der Waals surface area (Å²) in [6, 6.07) is 18.6. The minimum atomic E-state index is -0.883. The normalized spacial score (nSPS) is 17.3. The molecule has 0 radical (unpaired) electrons. The molecule has 1 saturated heterocycles. The van der Waals surface area contributed by atoms with Crippen molar-refractivity contribution < 1.29 is 24.2 Å². The van der Waals surface area contributed by atoms with Gasteiger partial charge < -0.3 is 14.6 Å². The Bertz CT molecular complexity index is 1390. The van der Waals surface area contributed by atoms with Gasteiger partial charge in [-0.3, -0.25) is 14.5 Å². The fourth-order valence-electron chi connectivity index (χ4n) is 4.50. The molecule has 0 aromatic heterocycles. The number of rotatable bonds is 6. The Morgan fingerprint density at radius 3 is 2.11 bits per heavy atom. The van der Waals surface area contributed by atoms with Gasteiger partial charge in [0, 0.05) is 11.3 Å². The van der Waals surface area contributed by atoms with Gasteiger partial charge in [-0.15, -0.1) is 0 Å². The van der Waals surface area contributed by atoms with E-state index in [9.17, 15) is 14.7 Å². The highest BCUT2D eigenvalue weighted by atomic mass is 35.5. The standard InChI is InChI=1S/C31H32ClNO5/c1-18(2)38-22-13-7-19(8-14-22)27-26(28(34)24-17-23(37-6)15-16-25(24)32)29(35)30(36)33(27)21-11-9-20(10-12-21)31(3,4)5/h7-18,27,34H,1-6H3/b28-26+. The average Bonchev–Trinajstić information content (AvgIpc) is 3.14. The number of methoxy groups -OCH3 is 1. The Labute approximate surface area is 228 Å². The Kier molecular flexibility index (Phi) is 7.56.